The summed E-state index contributed by atoms with van der Waals surface area (Å²) >= 11 is 0. The van der Waals surface area contributed by atoms with Crippen LogP contribution in [0, 0.1) is 6.92 Å². The molecule has 0 aromatic carbocycles. The number of H-pyrrole nitrogens is 2. The molecule has 0 bridgehead atoms. The minimum Gasteiger partial charge on any atom is -0.353 e. The number of aromatic nitrogens is 8. The van der Waals surface area contributed by atoms with Crippen molar-refractivity contribution in [2.45, 2.75) is 6.92 Å². The number of pyridine rings is 3. The quantitative estimate of drug-likeness (QED) is 0.457. The maximum atomic E-state index is 4.58. The standard InChI is InChI=1S/C23H18N8/c1-13-26-12-20(31(13)2)14-9-16-22(29-30-23(16)27-11-14)19-10-15-17(28-19)6-8-25-21(15)18-5-3-4-7-24-18/h3-12,28H,1-2H3,(H,27,29,30). The molecule has 6 rings (SSSR count). The Labute approximate surface area is 177 Å². The largest absolute Gasteiger partial charge is 0.353 e. The third kappa shape index (κ3) is 2.72. The number of aromatic amines is 2. The Bertz CT molecular complexity index is 1560. The molecule has 31 heavy (non-hydrogen) atoms. The first-order valence-electron chi connectivity index (χ1n) is 9.91. The molecule has 6 heterocycles. The summed E-state index contributed by atoms with van der Waals surface area (Å²) in [5.41, 5.74) is 7.10. The van der Waals surface area contributed by atoms with Gasteiger partial charge in [-0.25, -0.2) is 9.97 Å². The third-order valence-corrected chi connectivity index (χ3v) is 5.64. The van der Waals surface area contributed by atoms with Crippen molar-refractivity contribution >= 4 is 21.9 Å². The smallest absolute Gasteiger partial charge is 0.155 e. The molecule has 8 nitrogen and oxygen atoms in total. The van der Waals surface area contributed by atoms with Crippen LogP contribution < -0.4 is 0 Å². The fraction of sp³-hybridized carbons (Fsp3) is 0.0870. The number of hydrogen-bond acceptors (Lipinski definition) is 5. The Kier molecular flexibility index (Phi) is 3.73. The SMILES string of the molecule is Cc1ncc(-c2cnc3[nH]nc(-c4cc5c(-c6ccccn6)nccc5[nH]4)c3c2)n1C. The minimum absolute atomic E-state index is 0.736. The zero-order valence-corrected chi connectivity index (χ0v) is 17.0. The molecule has 0 atom stereocenters. The molecule has 0 fully saturated rings. The molecule has 0 aliphatic rings. The predicted molar refractivity (Wildman–Crippen MR) is 119 cm³/mol. The number of hydrogen-bond donors (Lipinski definition) is 2. The average Bonchev–Trinajstić information content (AvgIpc) is 3.50. The molecule has 0 spiro atoms. The van der Waals surface area contributed by atoms with Gasteiger partial charge in [-0.1, -0.05) is 6.07 Å². The van der Waals surface area contributed by atoms with Gasteiger partial charge >= 0.3 is 0 Å². The fourth-order valence-corrected chi connectivity index (χ4v) is 3.91. The van der Waals surface area contributed by atoms with Gasteiger partial charge in [-0.05, 0) is 37.3 Å². The van der Waals surface area contributed by atoms with Crippen LogP contribution in [0.1, 0.15) is 5.82 Å². The van der Waals surface area contributed by atoms with Crippen LogP contribution in [0.3, 0.4) is 0 Å². The third-order valence-electron chi connectivity index (χ3n) is 5.64. The van der Waals surface area contributed by atoms with Crippen LogP contribution in [-0.4, -0.2) is 39.7 Å². The van der Waals surface area contributed by atoms with Crippen LogP contribution in [0.2, 0.25) is 0 Å². The molecule has 8 heteroatoms. The van der Waals surface area contributed by atoms with Crippen LogP contribution >= 0.6 is 0 Å². The lowest BCUT2D eigenvalue weighted by Crippen LogP contribution is -1.94. The lowest BCUT2D eigenvalue weighted by Gasteiger charge is -2.04. The van der Waals surface area contributed by atoms with E-state index in [1.54, 1.807) is 12.4 Å². The van der Waals surface area contributed by atoms with E-state index in [1.165, 1.54) is 0 Å². The van der Waals surface area contributed by atoms with Crippen molar-refractivity contribution in [3.8, 4) is 34.0 Å². The van der Waals surface area contributed by atoms with E-state index in [9.17, 15) is 0 Å². The molecular weight excluding hydrogens is 388 g/mol. The van der Waals surface area contributed by atoms with Gasteiger partial charge in [0, 0.05) is 47.5 Å². The van der Waals surface area contributed by atoms with Crippen molar-refractivity contribution in [1.82, 2.24) is 39.7 Å². The summed E-state index contributed by atoms with van der Waals surface area (Å²) in [5.74, 6) is 0.952. The summed E-state index contributed by atoms with van der Waals surface area (Å²) in [6.45, 7) is 1.98. The van der Waals surface area contributed by atoms with Crippen molar-refractivity contribution in [2.24, 2.45) is 7.05 Å². The van der Waals surface area contributed by atoms with Gasteiger partial charge in [0.1, 0.15) is 11.5 Å². The first kappa shape index (κ1) is 17.5. The maximum absolute atomic E-state index is 4.58. The summed E-state index contributed by atoms with van der Waals surface area (Å²) in [4.78, 5) is 21.5. The van der Waals surface area contributed by atoms with Gasteiger partial charge in [-0.15, -0.1) is 0 Å². The van der Waals surface area contributed by atoms with E-state index in [-0.39, 0.29) is 0 Å². The number of imidazole rings is 1. The number of aryl methyl sites for hydroxylation is 1. The van der Waals surface area contributed by atoms with E-state index in [4.69, 9.17) is 0 Å². The van der Waals surface area contributed by atoms with E-state index in [1.807, 2.05) is 50.6 Å². The lowest BCUT2D eigenvalue weighted by molar-refractivity contribution is 0.865. The van der Waals surface area contributed by atoms with Crippen LogP contribution in [0.5, 0.6) is 0 Å². The molecule has 6 aromatic heterocycles. The Balaban J connectivity index is 1.52. The first-order valence-corrected chi connectivity index (χ1v) is 9.91. The summed E-state index contributed by atoms with van der Waals surface area (Å²) in [5, 5.41) is 9.53. The highest BCUT2D eigenvalue weighted by atomic mass is 15.2. The van der Waals surface area contributed by atoms with E-state index >= 15 is 0 Å². The average molecular weight is 406 g/mol. The zero-order chi connectivity index (χ0) is 20.9. The van der Waals surface area contributed by atoms with Crippen LogP contribution in [0.15, 0.2) is 61.2 Å². The molecule has 0 aliphatic carbocycles. The second kappa shape index (κ2) is 6.60. The first-order chi connectivity index (χ1) is 15.2. The second-order valence-corrected chi connectivity index (χ2v) is 7.46. The molecule has 0 radical (unpaired) electrons. The van der Waals surface area contributed by atoms with Crippen molar-refractivity contribution in [3.05, 3.63) is 67.0 Å². The molecule has 0 saturated carbocycles. The van der Waals surface area contributed by atoms with E-state index in [2.05, 4.69) is 51.8 Å². The van der Waals surface area contributed by atoms with Crippen LogP contribution in [-0.2, 0) is 7.05 Å². The Morgan fingerprint density at radius 2 is 1.81 bits per heavy atom. The number of rotatable bonds is 3. The van der Waals surface area contributed by atoms with Crippen molar-refractivity contribution < 1.29 is 0 Å². The maximum Gasteiger partial charge on any atom is 0.155 e. The zero-order valence-electron chi connectivity index (χ0n) is 17.0. The molecule has 2 N–H and O–H groups in total. The van der Waals surface area contributed by atoms with E-state index < -0.39 is 0 Å². The second-order valence-electron chi connectivity index (χ2n) is 7.46. The number of fused-ring (bicyclic) bond motifs is 2. The van der Waals surface area contributed by atoms with Crippen molar-refractivity contribution in [2.75, 3.05) is 0 Å². The van der Waals surface area contributed by atoms with Gasteiger partial charge in [0.25, 0.3) is 0 Å². The normalized spacial score (nSPS) is 11.5. The Morgan fingerprint density at radius 1 is 0.871 bits per heavy atom. The minimum atomic E-state index is 0.736. The van der Waals surface area contributed by atoms with Gasteiger partial charge in [0.2, 0.25) is 0 Å². The van der Waals surface area contributed by atoms with Crippen LogP contribution in [0.4, 0.5) is 0 Å². The van der Waals surface area contributed by atoms with Gasteiger partial charge in [0.05, 0.1) is 29.0 Å². The predicted octanol–water partition coefficient (Wildman–Crippen LogP) is 4.27. The van der Waals surface area contributed by atoms with E-state index in [0.717, 1.165) is 61.8 Å². The van der Waals surface area contributed by atoms with Gasteiger partial charge in [-0.2, -0.15) is 5.10 Å². The summed E-state index contributed by atoms with van der Waals surface area (Å²) in [7, 11) is 2.00. The number of nitrogens with zero attached hydrogens (tertiary/aromatic N) is 6. The van der Waals surface area contributed by atoms with Crippen LogP contribution in [0.25, 0.3) is 56.0 Å². The molecular formula is C23H18N8. The highest BCUT2D eigenvalue weighted by Gasteiger charge is 2.16. The van der Waals surface area contributed by atoms with Crippen molar-refractivity contribution in [3.63, 3.8) is 0 Å². The molecule has 150 valence electrons. The van der Waals surface area contributed by atoms with Gasteiger partial charge in [-0.3, -0.25) is 15.1 Å². The Morgan fingerprint density at radius 3 is 2.61 bits per heavy atom. The van der Waals surface area contributed by atoms with Gasteiger partial charge < -0.3 is 9.55 Å². The molecule has 0 aliphatic heterocycles. The molecule has 0 saturated heterocycles. The Hall–Kier alpha value is -4.33. The summed E-state index contributed by atoms with van der Waals surface area (Å²) < 4.78 is 2.05. The van der Waals surface area contributed by atoms with E-state index in [0.29, 0.717) is 0 Å². The molecule has 0 unspecified atom stereocenters. The highest BCUT2D eigenvalue weighted by Crippen LogP contribution is 2.33. The topological polar surface area (TPSA) is 101 Å². The number of nitrogens with one attached hydrogen (secondary N) is 2. The lowest BCUT2D eigenvalue weighted by atomic mass is 10.1. The summed E-state index contributed by atoms with van der Waals surface area (Å²) in [6, 6.07) is 12.0. The van der Waals surface area contributed by atoms with Gasteiger partial charge in [0.15, 0.2) is 5.65 Å². The monoisotopic (exact) mass is 406 g/mol. The molecule has 6 aromatic rings. The summed E-state index contributed by atoms with van der Waals surface area (Å²) in [6.07, 6.45) is 7.28. The van der Waals surface area contributed by atoms with Crippen molar-refractivity contribution in [1.29, 1.82) is 0 Å². The highest BCUT2D eigenvalue weighted by molar-refractivity contribution is 5.99. The molecule has 0 amide bonds. The fourth-order valence-electron chi connectivity index (χ4n) is 3.91.